The van der Waals surface area contributed by atoms with Gasteiger partial charge in [0.15, 0.2) is 17.1 Å². The topological polar surface area (TPSA) is 69.0 Å². The van der Waals surface area contributed by atoms with Crippen molar-refractivity contribution in [2.45, 2.75) is 56.3 Å². The van der Waals surface area contributed by atoms with Crippen LogP contribution >= 0.6 is 23.4 Å². The number of hydrogen-bond acceptors (Lipinski definition) is 5. The second-order valence-corrected chi connectivity index (χ2v) is 8.13. The summed E-state index contributed by atoms with van der Waals surface area (Å²) in [5, 5.41) is 12.8. The first kappa shape index (κ1) is 20.0. The van der Waals surface area contributed by atoms with Crippen molar-refractivity contribution in [2.75, 3.05) is 5.75 Å². The highest BCUT2D eigenvalue weighted by molar-refractivity contribution is 7.99. The van der Waals surface area contributed by atoms with Crippen molar-refractivity contribution >= 4 is 29.3 Å². The molecular weight excluding hydrogens is 384 g/mol. The van der Waals surface area contributed by atoms with Crippen LogP contribution in [0.15, 0.2) is 29.4 Å². The van der Waals surface area contributed by atoms with Crippen LogP contribution in [-0.4, -0.2) is 32.5 Å². The monoisotopic (exact) mass is 408 g/mol. The molecule has 8 heteroatoms. The summed E-state index contributed by atoms with van der Waals surface area (Å²) in [5.74, 6) is 1.68. The van der Waals surface area contributed by atoms with Crippen LogP contribution in [0.5, 0.6) is 5.75 Å². The van der Waals surface area contributed by atoms with E-state index in [9.17, 15) is 4.79 Å². The van der Waals surface area contributed by atoms with Crippen molar-refractivity contribution in [3.63, 3.8) is 0 Å². The third-order valence-electron chi connectivity index (χ3n) is 4.68. The van der Waals surface area contributed by atoms with Crippen LogP contribution in [-0.2, 0) is 11.8 Å². The van der Waals surface area contributed by atoms with Crippen LogP contribution in [0.2, 0.25) is 5.02 Å². The summed E-state index contributed by atoms with van der Waals surface area (Å²) in [5.41, 5.74) is 0. The van der Waals surface area contributed by atoms with Crippen molar-refractivity contribution in [3.05, 3.63) is 35.1 Å². The van der Waals surface area contributed by atoms with E-state index in [2.05, 4.69) is 15.5 Å². The van der Waals surface area contributed by atoms with Crippen molar-refractivity contribution in [2.24, 2.45) is 7.05 Å². The van der Waals surface area contributed by atoms with Gasteiger partial charge in [0.25, 0.3) is 0 Å². The Bertz CT molecular complexity index is 777. The van der Waals surface area contributed by atoms with Crippen molar-refractivity contribution in [1.29, 1.82) is 0 Å². The molecule has 1 saturated carbocycles. The summed E-state index contributed by atoms with van der Waals surface area (Å²) in [6.45, 7) is 1.90. The lowest BCUT2D eigenvalue weighted by Gasteiger charge is -2.22. The largest absolute Gasteiger partial charge is 0.481 e. The molecule has 0 radical (unpaired) electrons. The van der Waals surface area contributed by atoms with Crippen LogP contribution in [0.3, 0.4) is 0 Å². The second kappa shape index (κ2) is 9.46. The minimum atomic E-state index is -0.312. The summed E-state index contributed by atoms with van der Waals surface area (Å²) < 4.78 is 7.77. The molecule has 1 amide bonds. The number of hydrogen-bond donors (Lipinski definition) is 1. The summed E-state index contributed by atoms with van der Waals surface area (Å²) >= 11 is 7.54. The molecule has 27 heavy (non-hydrogen) atoms. The predicted octanol–water partition coefficient (Wildman–Crippen LogP) is 4.15. The molecule has 146 valence electrons. The maximum absolute atomic E-state index is 12.2. The molecule has 3 rings (SSSR count). The number of para-hydroxylation sites is 1. The Hall–Kier alpha value is -1.73. The Kier molecular flexibility index (Phi) is 7.01. The Morgan fingerprint density at radius 2 is 2.07 bits per heavy atom. The van der Waals surface area contributed by atoms with Crippen LogP contribution in [0.1, 0.15) is 51.0 Å². The zero-order chi connectivity index (χ0) is 19.2. The highest BCUT2D eigenvalue weighted by Gasteiger charge is 2.20. The van der Waals surface area contributed by atoms with E-state index in [0.717, 1.165) is 12.8 Å². The Labute approximate surface area is 169 Å². The maximum atomic E-state index is 12.2. The van der Waals surface area contributed by atoms with Gasteiger partial charge in [0.1, 0.15) is 5.75 Å². The second-order valence-electron chi connectivity index (χ2n) is 6.78. The van der Waals surface area contributed by atoms with E-state index in [4.69, 9.17) is 16.3 Å². The van der Waals surface area contributed by atoms with Gasteiger partial charge in [0.2, 0.25) is 5.91 Å². The molecule has 0 saturated heterocycles. The minimum Gasteiger partial charge on any atom is -0.481 e. The number of carbonyl (C=O) groups excluding carboxylic acids is 1. The molecule has 0 bridgehead atoms. The van der Waals surface area contributed by atoms with Gasteiger partial charge < -0.3 is 14.6 Å². The van der Waals surface area contributed by atoms with E-state index in [-0.39, 0.29) is 12.0 Å². The van der Waals surface area contributed by atoms with Gasteiger partial charge in [-0.2, -0.15) is 0 Å². The molecule has 2 aromatic rings. The Balaban J connectivity index is 1.54. The number of halogens is 1. The highest BCUT2D eigenvalue weighted by Crippen LogP contribution is 2.29. The van der Waals surface area contributed by atoms with E-state index < -0.39 is 0 Å². The summed E-state index contributed by atoms with van der Waals surface area (Å²) in [4.78, 5) is 12.2. The lowest BCUT2D eigenvalue weighted by molar-refractivity contribution is -0.119. The molecule has 1 heterocycles. The molecule has 1 N–H and O–H groups in total. The van der Waals surface area contributed by atoms with Gasteiger partial charge in [-0.05, 0) is 31.9 Å². The van der Waals surface area contributed by atoms with Crippen LogP contribution in [0.4, 0.5) is 0 Å². The summed E-state index contributed by atoms with van der Waals surface area (Å²) in [6.07, 6.45) is 5.54. The fourth-order valence-corrected chi connectivity index (χ4v) is 4.15. The van der Waals surface area contributed by atoms with Gasteiger partial charge in [0.05, 0.1) is 10.8 Å². The molecule has 1 aromatic heterocycles. The van der Waals surface area contributed by atoms with Gasteiger partial charge in [0, 0.05) is 13.1 Å². The molecule has 1 fully saturated rings. The van der Waals surface area contributed by atoms with E-state index in [1.807, 2.05) is 36.7 Å². The standard InChI is InChI=1S/C19H25ClN4O2S/c1-13(26-16-11-7-6-10-15(16)20)18-22-23-19(24(18)2)27-12-17(25)21-14-8-4-3-5-9-14/h6-7,10-11,13-14H,3-5,8-9,12H2,1-2H3,(H,21,25)/t13-/m0/s1. The van der Waals surface area contributed by atoms with E-state index in [1.165, 1.54) is 31.0 Å². The number of ether oxygens (including phenoxy) is 1. The average Bonchev–Trinajstić information content (AvgIpc) is 3.03. The number of amides is 1. The number of rotatable bonds is 7. The number of nitrogens with zero attached hydrogens (tertiary/aromatic N) is 3. The molecule has 1 aromatic carbocycles. The van der Waals surface area contributed by atoms with Crippen molar-refractivity contribution in [1.82, 2.24) is 20.1 Å². The Morgan fingerprint density at radius 1 is 1.33 bits per heavy atom. The molecule has 1 aliphatic carbocycles. The smallest absolute Gasteiger partial charge is 0.230 e. The first-order valence-corrected chi connectivity index (χ1v) is 10.6. The third kappa shape index (κ3) is 5.39. The molecule has 0 unspecified atom stereocenters. The summed E-state index contributed by atoms with van der Waals surface area (Å²) in [7, 11) is 1.88. The van der Waals surface area contributed by atoms with Crippen molar-refractivity contribution in [3.8, 4) is 5.75 Å². The van der Waals surface area contributed by atoms with Gasteiger partial charge in [-0.25, -0.2) is 0 Å². The fourth-order valence-electron chi connectivity index (χ4n) is 3.24. The molecule has 1 atom stereocenters. The zero-order valence-corrected chi connectivity index (χ0v) is 17.2. The molecule has 0 spiro atoms. The normalized spacial score (nSPS) is 16.1. The van der Waals surface area contributed by atoms with E-state index in [0.29, 0.717) is 33.5 Å². The third-order valence-corrected chi connectivity index (χ3v) is 6.01. The quantitative estimate of drug-likeness (QED) is 0.697. The fraction of sp³-hybridized carbons (Fsp3) is 0.526. The minimum absolute atomic E-state index is 0.0526. The van der Waals surface area contributed by atoms with Gasteiger partial charge >= 0.3 is 0 Å². The summed E-state index contributed by atoms with van der Waals surface area (Å²) in [6, 6.07) is 7.66. The number of thioether (sulfide) groups is 1. The Morgan fingerprint density at radius 3 is 2.81 bits per heavy atom. The first-order valence-electron chi connectivity index (χ1n) is 9.27. The number of carbonyl (C=O) groups is 1. The zero-order valence-electron chi connectivity index (χ0n) is 15.7. The van der Waals surface area contributed by atoms with E-state index >= 15 is 0 Å². The van der Waals surface area contributed by atoms with Gasteiger partial charge in [-0.3, -0.25) is 4.79 Å². The average molecular weight is 409 g/mol. The maximum Gasteiger partial charge on any atom is 0.230 e. The number of nitrogens with one attached hydrogen (secondary N) is 1. The lowest BCUT2D eigenvalue weighted by atomic mass is 9.95. The lowest BCUT2D eigenvalue weighted by Crippen LogP contribution is -2.37. The van der Waals surface area contributed by atoms with Gasteiger partial charge in [-0.15, -0.1) is 10.2 Å². The molecule has 1 aliphatic rings. The van der Waals surface area contributed by atoms with Crippen molar-refractivity contribution < 1.29 is 9.53 Å². The molecule has 6 nitrogen and oxygen atoms in total. The van der Waals surface area contributed by atoms with E-state index in [1.54, 1.807) is 6.07 Å². The van der Waals surface area contributed by atoms with Crippen LogP contribution < -0.4 is 10.1 Å². The predicted molar refractivity (Wildman–Crippen MR) is 107 cm³/mol. The first-order chi connectivity index (χ1) is 13.0. The SMILES string of the molecule is C[C@H](Oc1ccccc1Cl)c1nnc(SCC(=O)NC2CCCCC2)n1C. The number of benzene rings is 1. The number of aromatic nitrogens is 3. The van der Waals surface area contributed by atoms with Crippen LogP contribution in [0.25, 0.3) is 0 Å². The highest BCUT2D eigenvalue weighted by atomic mass is 35.5. The van der Waals surface area contributed by atoms with Crippen LogP contribution in [0, 0.1) is 0 Å². The van der Waals surface area contributed by atoms with Gasteiger partial charge in [-0.1, -0.05) is 54.8 Å². The molecular formula is C19H25ClN4O2S. The molecule has 0 aliphatic heterocycles.